The molecule has 2 atom stereocenters. The Morgan fingerprint density at radius 1 is 1.18 bits per heavy atom. The molecule has 2 aliphatic rings. The Labute approximate surface area is 167 Å². The van der Waals surface area contributed by atoms with Crippen molar-refractivity contribution >= 4 is 5.91 Å². The Morgan fingerprint density at radius 2 is 1.86 bits per heavy atom. The van der Waals surface area contributed by atoms with Gasteiger partial charge in [-0.05, 0) is 33.6 Å². The number of imidazole rings is 1. The molecule has 2 saturated heterocycles. The summed E-state index contributed by atoms with van der Waals surface area (Å²) in [6, 6.07) is 11.2. The molecular weight excluding hydrogens is 350 g/mol. The molecule has 0 spiro atoms. The second-order valence-corrected chi connectivity index (χ2v) is 9.16. The van der Waals surface area contributed by atoms with Crippen LogP contribution in [0.15, 0.2) is 36.5 Å². The lowest BCUT2D eigenvalue weighted by atomic mass is 10.1. The first-order valence-electron chi connectivity index (χ1n) is 10.3. The van der Waals surface area contributed by atoms with E-state index in [-0.39, 0.29) is 11.4 Å². The molecule has 2 aliphatic heterocycles. The third-order valence-corrected chi connectivity index (χ3v) is 5.61. The summed E-state index contributed by atoms with van der Waals surface area (Å²) in [5, 5.41) is 3.10. The Hall–Kier alpha value is -2.18. The number of carbonyl (C=O) groups is 1. The number of hydrogen-bond acceptors (Lipinski definition) is 4. The van der Waals surface area contributed by atoms with Crippen LogP contribution in [0.2, 0.25) is 0 Å². The van der Waals surface area contributed by atoms with Crippen molar-refractivity contribution in [2.75, 3.05) is 19.6 Å². The summed E-state index contributed by atoms with van der Waals surface area (Å²) in [6.45, 7) is 9.49. The van der Waals surface area contributed by atoms with Crippen molar-refractivity contribution in [1.29, 1.82) is 0 Å². The molecule has 28 heavy (non-hydrogen) atoms. The topological polar surface area (TPSA) is 64.3 Å². The van der Waals surface area contributed by atoms with Crippen molar-refractivity contribution in [3.8, 4) is 11.4 Å². The number of aromatic nitrogens is 2. The summed E-state index contributed by atoms with van der Waals surface area (Å²) >= 11 is 0. The number of carbonyl (C=O) groups excluding carboxylic acids is 1. The molecule has 1 aromatic heterocycles. The predicted octanol–water partition coefficient (Wildman–Crippen LogP) is 2.64. The highest BCUT2D eigenvalue weighted by molar-refractivity contribution is 5.78. The first-order valence-corrected chi connectivity index (χ1v) is 10.3. The SMILES string of the molecule is CC(C)(C)NC(=O)CN1C2CCC1CN(Cc1c[nH]c(-c3ccccc3)n1)C2. The number of benzene rings is 1. The number of piperazine rings is 1. The second kappa shape index (κ2) is 7.68. The predicted molar refractivity (Wildman–Crippen MR) is 111 cm³/mol. The van der Waals surface area contributed by atoms with Crippen molar-refractivity contribution in [3.05, 3.63) is 42.2 Å². The van der Waals surface area contributed by atoms with Gasteiger partial charge in [0.05, 0.1) is 12.2 Å². The molecule has 2 unspecified atom stereocenters. The van der Waals surface area contributed by atoms with Crippen molar-refractivity contribution in [3.63, 3.8) is 0 Å². The molecule has 1 amide bonds. The molecule has 2 N–H and O–H groups in total. The highest BCUT2D eigenvalue weighted by Crippen LogP contribution is 2.30. The smallest absolute Gasteiger partial charge is 0.234 e. The van der Waals surface area contributed by atoms with Crippen LogP contribution in [-0.4, -0.2) is 62.9 Å². The van der Waals surface area contributed by atoms with Gasteiger partial charge in [0.1, 0.15) is 5.82 Å². The van der Waals surface area contributed by atoms with Gasteiger partial charge in [0.25, 0.3) is 0 Å². The van der Waals surface area contributed by atoms with Crippen LogP contribution in [0.1, 0.15) is 39.3 Å². The standard InChI is InChI=1S/C22H31N5O/c1-22(2,3)25-20(28)15-27-18-9-10-19(27)14-26(13-18)12-17-11-23-21(24-17)16-7-5-4-6-8-16/h4-8,11,18-19H,9-10,12-15H2,1-3H3,(H,23,24)(H,25,28). The molecule has 150 valence electrons. The van der Waals surface area contributed by atoms with Gasteiger partial charge < -0.3 is 10.3 Å². The summed E-state index contributed by atoms with van der Waals surface area (Å²) in [7, 11) is 0. The fourth-order valence-corrected chi connectivity index (χ4v) is 4.50. The first kappa shape index (κ1) is 19.2. The van der Waals surface area contributed by atoms with Gasteiger partial charge >= 0.3 is 0 Å². The number of likely N-dealkylation sites (tertiary alicyclic amines) is 1. The Bertz CT molecular complexity index is 796. The van der Waals surface area contributed by atoms with Gasteiger partial charge in [0.15, 0.2) is 0 Å². The van der Waals surface area contributed by atoms with E-state index in [2.05, 4.69) is 32.2 Å². The molecule has 6 heteroatoms. The fourth-order valence-electron chi connectivity index (χ4n) is 4.50. The molecule has 0 radical (unpaired) electrons. The van der Waals surface area contributed by atoms with Gasteiger partial charge in [0, 0.05) is 49.0 Å². The molecule has 2 aromatic rings. The van der Waals surface area contributed by atoms with E-state index in [1.165, 1.54) is 12.8 Å². The summed E-state index contributed by atoms with van der Waals surface area (Å²) in [4.78, 5) is 25.4. The van der Waals surface area contributed by atoms with Gasteiger partial charge in [-0.3, -0.25) is 14.6 Å². The van der Waals surface area contributed by atoms with Crippen LogP contribution in [0.25, 0.3) is 11.4 Å². The highest BCUT2D eigenvalue weighted by Gasteiger charge is 2.40. The van der Waals surface area contributed by atoms with Crippen LogP contribution in [0, 0.1) is 0 Å². The number of rotatable bonds is 5. The zero-order valence-corrected chi connectivity index (χ0v) is 17.1. The zero-order valence-electron chi connectivity index (χ0n) is 17.1. The van der Waals surface area contributed by atoms with Gasteiger partial charge in [-0.2, -0.15) is 0 Å². The van der Waals surface area contributed by atoms with Crippen LogP contribution in [0.4, 0.5) is 0 Å². The lowest BCUT2D eigenvalue weighted by Gasteiger charge is -2.40. The lowest BCUT2D eigenvalue weighted by molar-refractivity contribution is -0.125. The van der Waals surface area contributed by atoms with Crippen molar-refractivity contribution < 1.29 is 4.79 Å². The summed E-state index contributed by atoms with van der Waals surface area (Å²) < 4.78 is 0. The maximum atomic E-state index is 12.4. The van der Waals surface area contributed by atoms with E-state index in [0.717, 1.165) is 36.7 Å². The summed E-state index contributed by atoms with van der Waals surface area (Å²) in [6.07, 6.45) is 4.38. The second-order valence-electron chi connectivity index (χ2n) is 9.16. The summed E-state index contributed by atoms with van der Waals surface area (Å²) in [5.74, 6) is 1.06. The highest BCUT2D eigenvalue weighted by atomic mass is 16.2. The molecule has 0 saturated carbocycles. The quantitative estimate of drug-likeness (QED) is 0.836. The maximum absolute atomic E-state index is 12.4. The molecule has 0 aliphatic carbocycles. The molecule has 1 aromatic carbocycles. The van der Waals surface area contributed by atoms with Crippen LogP contribution in [-0.2, 0) is 11.3 Å². The maximum Gasteiger partial charge on any atom is 0.234 e. The van der Waals surface area contributed by atoms with Crippen LogP contribution in [0.5, 0.6) is 0 Å². The fraction of sp³-hybridized carbons (Fsp3) is 0.545. The molecule has 4 rings (SSSR count). The van der Waals surface area contributed by atoms with Crippen molar-refractivity contribution in [2.24, 2.45) is 0 Å². The Balaban J connectivity index is 1.35. The van der Waals surface area contributed by atoms with E-state index in [1.54, 1.807) is 0 Å². The van der Waals surface area contributed by atoms with Crippen LogP contribution < -0.4 is 5.32 Å². The minimum atomic E-state index is -0.172. The van der Waals surface area contributed by atoms with E-state index >= 15 is 0 Å². The number of hydrogen-bond donors (Lipinski definition) is 2. The molecule has 3 heterocycles. The normalized spacial score (nSPS) is 23.1. The molecule has 6 nitrogen and oxygen atoms in total. The average Bonchev–Trinajstić information content (AvgIpc) is 3.16. The number of nitrogens with one attached hydrogen (secondary N) is 2. The van der Waals surface area contributed by atoms with E-state index in [1.807, 2.05) is 45.2 Å². The monoisotopic (exact) mass is 381 g/mol. The Morgan fingerprint density at radius 3 is 2.50 bits per heavy atom. The minimum absolute atomic E-state index is 0.137. The van der Waals surface area contributed by atoms with E-state index in [0.29, 0.717) is 18.6 Å². The van der Waals surface area contributed by atoms with Gasteiger partial charge in [-0.25, -0.2) is 4.98 Å². The zero-order chi connectivity index (χ0) is 19.7. The molecule has 2 bridgehead atoms. The average molecular weight is 382 g/mol. The molecular formula is C22H31N5O. The van der Waals surface area contributed by atoms with E-state index in [4.69, 9.17) is 4.98 Å². The van der Waals surface area contributed by atoms with Crippen molar-refractivity contribution in [2.45, 2.75) is 57.8 Å². The third-order valence-electron chi connectivity index (χ3n) is 5.61. The van der Waals surface area contributed by atoms with Crippen molar-refractivity contribution in [1.82, 2.24) is 25.1 Å². The third kappa shape index (κ3) is 4.45. The largest absolute Gasteiger partial charge is 0.350 e. The lowest BCUT2D eigenvalue weighted by Crippen LogP contribution is -2.56. The van der Waals surface area contributed by atoms with Gasteiger partial charge in [-0.1, -0.05) is 30.3 Å². The number of fused-ring (bicyclic) bond motifs is 2. The number of H-pyrrole nitrogens is 1. The van der Waals surface area contributed by atoms with E-state index in [9.17, 15) is 4.79 Å². The first-order chi connectivity index (χ1) is 13.4. The number of aromatic amines is 1. The number of nitrogens with zero attached hydrogens (tertiary/aromatic N) is 3. The van der Waals surface area contributed by atoms with Crippen LogP contribution in [0.3, 0.4) is 0 Å². The van der Waals surface area contributed by atoms with Gasteiger partial charge in [-0.15, -0.1) is 0 Å². The van der Waals surface area contributed by atoms with Gasteiger partial charge in [0.2, 0.25) is 5.91 Å². The van der Waals surface area contributed by atoms with Crippen LogP contribution >= 0.6 is 0 Å². The summed E-state index contributed by atoms with van der Waals surface area (Å²) in [5.41, 5.74) is 2.02. The Kier molecular flexibility index (Phi) is 5.25. The minimum Gasteiger partial charge on any atom is -0.350 e. The number of amides is 1. The molecule has 2 fully saturated rings. The van der Waals surface area contributed by atoms with E-state index < -0.39 is 0 Å².